The van der Waals surface area contributed by atoms with Gasteiger partial charge in [-0.15, -0.1) is 0 Å². The van der Waals surface area contributed by atoms with Crippen molar-refractivity contribution < 1.29 is 18.0 Å². The highest BCUT2D eigenvalue weighted by Crippen LogP contribution is 2.09. The Balaban J connectivity index is 2.40. The summed E-state index contributed by atoms with van der Waals surface area (Å²) in [7, 11) is -3.55. The molecular formula is C9H18N2O4S. The molecule has 0 aromatic heterocycles. The highest BCUT2D eigenvalue weighted by Gasteiger charge is 2.22. The van der Waals surface area contributed by atoms with Crippen LogP contribution in [0.5, 0.6) is 0 Å². The molecule has 0 aromatic carbocycles. The minimum atomic E-state index is -3.55. The summed E-state index contributed by atoms with van der Waals surface area (Å²) in [4.78, 5) is 19.3. The van der Waals surface area contributed by atoms with Gasteiger partial charge in [-0.2, -0.15) is 0 Å². The van der Waals surface area contributed by atoms with Crippen LogP contribution in [-0.2, 0) is 14.9 Å². The molecule has 7 heteroatoms. The van der Waals surface area contributed by atoms with Gasteiger partial charge in [0.25, 0.3) is 0 Å². The van der Waals surface area contributed by atoms with Gasteiger partial charge >= 0.3 is 6.09 Å². The van der Waals surface area contributed by atoms with Crippen LogP contribution in [0.25, 0.3) is 0 Å². The summed E-state index contributed by atoms with van der Waals surface area (Å²) in [6, 6.07) is 0. The average Bonchev–Trinajstić information content (AvgIpc) is 2.27. The Morgan fingerprint density at radius 3 is 2.31 bits per heavy atom. The monoisotopic (exact) mass is 250 g/mol. The Bertz CT molecular complexity index is 333. The lowest BCUT2D eigenvalue weighted by Gasteiger charge is -2.25. The Kier molecular flexibility index (Phi) is 4.55. The number of nitrogens with one attached hydrogen (secondary N) is 1. The van der Waals surface area contributed by atoms with Gasteiger partial charge in [-0.25, -0.2) is 13.2 Å². The average molecular weight is 250 g/mol. The Labute approximate surface area is 96.0 Å². The predicted molar refractivity (Wildman–Crippen MR) is 59.1 cm³/mol. The fraction of sp³-hybridized carbons (Fsp3) is 0.889. The molecule has 94 valence electrons. The first-order valence-corrected chi connectivity index (χ1v) is 6.94. The van der Waals surface area contributed by atoms with Crippen LogP contribution in [-0.4, -0.2) is 37.8 Å². The minimum absolute atomic E-state index is 0.621. The maximum Gasteiger partial charge on any atom is 0.429 e. The number of piperidine rings is 1. The molecule has 1 saturated heterocycles. The molecule has 0 aromatic rings. The van der Waals surface area contributed by atoms with Crippen molar-refractivity contribution in [2.24, 2.45) is 0 Å². The lowest BCUT2D eigenvalue weighted by molar-refractivity contribution is 0.0772. The molecule has 0 unspecified atom stereocenters. The van der Waals surface area contributed by atoms with Crippen molar-refractivity contribution in [3.63, 3.8) is 0 Å². The van der Waals surface area contributed by atoms with Crippen molar-refractivity contribution >= 4 is 16.1 Å². The SMILES string of the molecule is CC(C)S(=O)(=O)NOC(=O)N1CCCCC1. The van der Waals surface area contributed by atoms with Crippen LogP contribution < -0.4 is 4.89 Å². The first-order valence-electron chi connectivity index (χ1n) is 5.40. The number of rotatable bonds is 3. The quantitative estimate of drug-likeness (QED) is 0.753. The summed E-state index contributed by atoms with van der Waals surface area (Å²) in [5.41, 5.74) is 0. The fourth-order valence-corrected chi connectivity index (χ4v) is 1.71. The van der Waals surface area contributed by atoms with Crippen molar-refractivity contribution in [3.05, 3.63) is 0 Å². The highest BCUT2D eigenvalue weighted by atomic mass is 32.2. The van der Waals surface area contributed by atoms with Gasteiger partial charge in [0, 0.05) is 13.1 Å². The molecule has 0 atom stereocenters. The van der Waals surface area contributed by atoms with Gasteiger partial charge in [-0.3, -0.25) is 0 Å². The summed E-state index contributed by atoms with van der Waals surface area (Å²) in [5.74, 6) is 0. The molecule has 1 aliphatic heterocycles. The Morgan fingerprint density at radius 1 is 1.25 bits per heavy atom. The van der Waals surface area contributed by atoms with E-state index in [9.17, 15) is 13.2 Å². The van der Waals surface area contributed by atoms with Crippen LogP contribution in [0, 0.1) is 0 Å². The highest BCUT2D eigenvalue weighted by molar-refractivity contribution is 7.89. The number of carbonyl (C=O) groups is 1. The van der Waals surface area contributed by atoms with Crippen LogP contribution >= 0.6 is 0 Å². The minimum Gasteiger partial charge on any atom is -0.338 e. The zero-order chi connectivity index (χ0) is 12.2. The summed E-state index contributed by atoms with van der Waals surface area (Å²) < 4.78 is 22.6. The third-order valence-corrected chi connectivity index (χ3v) is 4.04. The van der Waals surface area contributed by atoms with Gasteiger partial charge < -0.3 is 9.74 Å². The standard InChI is InChI=1S/C9H18N2O4S/c1-8(2)16(13,14)10-15-9(12)11-6-4-3-5-7-11/h8,10H,3-7H2,1-2H3. The summed E-state index contributed by atoms with van der Waals surface area (Å²) in [5, 5.41) is -0.623. The third kappa shape index (κ3) is 3.64. The second kappa shape index (κ2) is 5.49. The molecule has 0 saturated carbocycles. The molecule has 1 aliphatic rings. The van der Waals surface area contributed by atoms with Crippen molar-refractivity contribution in [3.8, 4) is 0 Å². The molecule has 0 aliphatic carbocycles. The van der Waals surface area contributed by atoms with Crippen LogP contribution in [0.3, 0.4) is 0 Å². The van der Waals surface area contributed by atoms with E-state index in [0.717, 1.165) is 19.3 Å². The smallest absolute Gasteiger partial charge is 0.338 e. The molecule has 0 bridgehead atoms. The lowest BCUT2D eigenvalue weighted by atomic mass is 10.1. The van der Waals surface area contributed by atoms with E-state index in [1.54, 1.807) is 0 Å². The summed E-state index contributed by atoms with van der Waals surface area (Å²) >= 11 is 0. The number of hydrogen-bond donors (Lipinski definition) is 1. The first kappa shape index (κ1) is 13.2. The van der Waals surface area contributed by atoms with Crippen LogP contribution in [0.15, 0.2) is 0 Å². The van der Waals surface area contributed by atoms with Crippen molar-refractivity contribution in [2.45, 2.75) is 38.4 Å². The normalized spacial score (nSPS) is 17.6. The summed E-state index contributed by atoms with van der Waals surface area (Å²) in [6.07, 6.45) is 2.35. The van der Waals surface area contributed by atoms with E-state index in [2.05, 4.69) is 4.84 Å². The molecule has 1 amide bonds. The van der Waals surface area contributed by atoms with Gasteiger partial charge in [0.15, 0.2) is 0 Å². The Morgan fingerprint density at radius 2 is 1.81 bits per heavy atom. The van der Waals surface area contributed by atoms with Gasteiger partial charge in [-0.05, 0) is 38.0 Å². The number of sulfonamides is 1. The van der Waals surface area contributed by atoms with Crippen LogP contribution in [0.1, 0.15) is 33.1 Å². The van der Waals surface area contributed by atoms with Gasteiger partial charge in [0.05, 0.1) is 5.25 Å². The largest absolute Gasteiger partial charge is 0.429 e. The van der Waals surface area contributed by atoms with Crippen LogP contribution in [0.4, 0.5) is 4.79 Å². The first-order chi connectivity index (χ1) is 7.43. The van der Waals surface area contributed by atoms with E-state index in [1.165, 1.54) is 18.7 Å². The van der Waals surface area contributed by atoms with Crippen molar-refractivity contribution in [2.75, 3.05) is 13.1 Å². The maximum absolute atomic E-state index is 11.4. The zero-order valence-corrected chi connectivity index (χ0v) is 10.4. The fourth-order valence-electron chi connectivity index (χ4n) is 1.33. The number of nitrogens with zero attached hydrogens (tertiary/aromatic N) is 1. The van der Waals surface area contributed by atoms with Gasteiger partial charge in [0.2, 0.25) is 10.0 Å². The molecule has 1 heterocycles. The number of carbonyl (C=O) groups excluding carboxylic acids is 1. The zero-order valence-electron chi connectivity index (χ0n) is 9.60. The van der Waals surface area contributed by atoms with Gasteiger partial charge in [0.1, 0.15) is 0 Å². The third-order valence-electron chi connectivity index (χ3n) is 2.48. The molecular weight excluding hydrogens is 232 g/mol. The van der Waals surface area contributed by atoms with E-state index in [4.69, 9.17) is 0 Å². The molecule has 16 heavy (non-hydrogen) atoms. The molecule has 6 nitrogen and oxygen atoms in total. The van der Waals surface area contributed by atoms with Crippen molar-refractivity contribution in [1.82, 2.24) is 9.79 Å². The van der Waals surface area contributed by atoms with E-state index < -0.39 is 21.4 Å². The second-order valence-corrected chi connectivity index (χ2v) is 6.29. The number of amides is 1. The molecule has 0 spiro atoms. The molecule has 1 N–H and O–H groups in total. The number of likely N-dealkylation sites (tertiary alicyclic amines) is 1. The van der Waals surface area contributed by atoms with Gasteiger partial charge in [-0.1, -0.05) is 0 Å². The number of hydrogen-bond acceptors (Lipinski definition) is 4. The van der Waals surface area contributed by atoms with E-state index in [-0.39, 0.29) is 0 Å². The Hall–Kier alpha value is -0.820. The van der Waals surface area contributed by atoms with E-state index >= 15 is 0 Å². The lowest BCUT2D eigenvalue weighted by Crippen LogP contribution is -2.41. The molecule has 1 fully saturated rings. The van der Waals surface area contributed by atoms with E-state index in [1.807, 2.05) is 4.89 Å². The van der Waals surface area contributed by atoms with Crippen LogP contribution in [0.2, 0.25) is 0 Å². The van der Waals surface area contributed by atoms with E-state index in [0.29, 0.717) is 13.1 Å². The molecule has 0 radical (unpaired) electrons. The topological polar surface area (TPSA) is 75.7 Å². The second-order valence-electron chi connectivity index (χ2n) is 4.09. The summed E-state index contributed by atoms with van der Waals surface area (Å²) in [6.45, 7) is 4.28. The molecule has 1 rings (SSSR count). The maximum atomic E-state index is 11.4. The predicted octanol–water partition coefficient (Wildman–Crippen LogP) is 0.852. The van der Waals surface area contributed by atoms with Crippen molar-refractivity contribution in [1.29, 1.82) is 0 Å².